The molecule has 0 aromatic rings. The van der Waals surface area contributed by atoms with Gasteiger partial charge in [-0.25, -0.2) is 4.39 Å². The minimum Gasteiger partial charge on any atom is -0.244 e. The second-order valence-corrected chi connectivity index (χ2v) is 6.51. The predicted octanol–water partition coefficient (Wildman–Crippen LogP) is 3.73. The van der Waals surface area contributed by atoms with Crippen molar-refractivity contribution in [3.8, 4) is 0 Å². The second kappa shape index (κ2) is 2.61. The van der Waals surface area contributed by atoms with Crippen LogP contribution in [0.2, 0.25) is 0 Å². The van der Waals surface area contributed by atoms with Crippen molar-refractivity contribution >= 4 is 22.6 Å². The van der Waals surface area contributed by atoms with Crippen molar-refractivity contribution in [3.05, 3.63) is 0 Å². The molecule has 0 saturated heterocycles. The fourth-order valence-corrected chi connectivity index (χ4v) is 5.38. The van der Waals surface area contributed by atoms with E-state index in [1.807, 2.05) is 0 Å². The highest BCUT2D eigenvalue weighted by Crippen LogP contribution is 2.63. The first-order valence-electron chi connectivity index (χ1n) is 5.38. The van der Waals surface area contributed by atoms with Crippen LogP contribution in [0.25, 0.3) is 0 Å². The van der Waals surface area contributed by atoms with Gasteiger partial charge in [-0.15, -0.1) is 0 Å². The molecule has 4 fully saturated rings. The molecule has 0 radical (unpaired) electrons. The number of alkyl halides is 2. The van der Waals surface area contributed by atoms with Gasteiger partial charge < -0.3 is 0 Å². The number of hydrogen-bond donors (Lipinski definition) is 0. The lowest BCUT2D eigenvalue weighted by molar-refractivity contribution is -0.112. The van der Waals surface area contributed by atoms with Crippen LogP contribution in [0.15, 0.2) is 0 Å². The maximum Gasteiger partial charge on any atom is 0.112 e. The van der Waals surface area contributed by atoms with Crippen molar-refractivity contribution in [2.75, 3.05) is 4.43 Å². The Balaban J connectivity index is 1.95. The van der Waals surface area contributed by atoms with Crippen LogP contribution < -0.4 is 0 Å². The Labute approximate surface area is 92.8 Å². The Morgan fingerprint density at radius 2 is 1.77 bits per heavy atom. The first-order valence-corrected chi connectivity index (χ1v) is 6.91. The maximum absolute atomic E-state index is 14.3. The van der Waals surface area contributed by atoms with E-state index in [9.17, 15) is 4.39 Å². The summed E-state index contributed by atoms with van der Waals surface area (Å²) in [5.74, 6) is 1.47. The average molecular weight is 294 g/mol. The zero-order valence-corrected chi connectivity index (χ0v) is 10.0. The summed E-state index contributed by atoms with van der Waals surface area (Å²) in [5, 5.41) is 0. The molecule has 2 unspecified atom stereocenters. The van der Waals surface area contributed by atoms with Crippen molar-refractivity contribution in [1.82, 2.24) is 0 Å². The lowest BCUT2D eigenvalue weighted by Gasteiger charge is -2.58. The van der Waals surface area contributed by atoms with Gasteiger partial charge in [0, 0.05) is 4.43 Å². The van der Waals surface area contributed by atoms with Gasteiger partial charge in [-0.3, -0.25) is 0 Å². The van der Waals surface area contributed by atoms with E-state index in [2.05, 4.69) is 22.6 Å². The molecule has 0 aromatic carbocycles. The van der Waals surface area contributed by atoms with E-state index in [1.54, 1.807) is 0 Å². The normalized spacial score (nSPS) is 58.6. The minimum absolute atomic E-state index is 0.416. The van der Waals surface area contributed by atoms with E-state index < -0.39 is 5.67 Å². The Kier molecular flexibility index (Phi) is 1.80. The van der Waals surface area contributed by atoms with Gasteiger partial charge in [-0.2, -0.15) is 0 Å². The molecule has 0 spiro atoms. The van der Waals surface area contributed by atoms with Crippen molar-refractivity contribution in [2.45, 2.75) is 44.2 Å². The summed E-state index contributed by atoms with van der Waals surface area (Å²) in [6.07, 6.45) is 6.67. The lowest BCUT2D eigenvalue weighted by Crippen LogP contribution is -2.54. The number of hydrogen-bond acceptors (Lipinski definition) is 0. The summed E-state index contributed by atoms with van der Waals surface area (Å²) in [4.78, 5) is 0. The van der Waals surface area contributed by atoms with Crippen LogP contribution >= 0.6 is 22.6 Å². The third kappa shape index (κ3) is 1.27. The van der Waals surface area contributed by atoms with Gasteiger partial charge in [0.15, 0.2) is 0 Å². The molecular weight excluding hydrogens is 278 g/mol. The monoisotopic (exact) mass is 294 g/mol. The molecule has 0 amide bonds. The Morgan fingerprint density at radius 1 is 1.15 bits per heavy atom. The molecule has 0 heterocycles. The van der Waals surface area contributed by atoms with Crippen molar-refractivity contribution in [1.29, 1.82) is 0 Å². The zero-order chi connectivity index (χ0) is 9.10. The highest BCUT2D eigenvalue weighted by atomic mass is 127. The molecule has 4 saturated carbocycles. The van der Waals surface area contributed by atoms with Crippen LogP contribution in [-0.2, 0) is 0 Å². The summed E-state index contributed by atoms with van der Waals surface area (Å²) in [7, 11) is 0. The van der Waals surface area contributed by atoms with Gasteiger partial charge in [-0.1, -0.05) is 22.6 Å². The average Bonchev–Trinajstić information content (AvgIpc) is 1.99. The Morgan fingerprint density at radius 3 is 2.23 bits per heavy atom. The SMILES string of the molecule is FC12C[C@H]3C[C@@H](C1)CC(CI)(C3)C2. The van der Waals surface area contributed by atoms with E-state index in [-0.39, 0.29) is 0 Å². The molecule has 4 aliphatic rings. The van der Waals surface area contributed by atoms with Crippen molar-refractivity contribution in [2.24, 2.45) is 17.3 Å². The summed E-state index contributed by atoms with van der Waals surface area (Å²) < 4.78 is 15.5. The van der Waals surface area contributed by atoms with E-state index in [1.165, 1.54) is 23.7 Å². The van der Waals surface area contributed by atoms with Crippen LogP contribution in [0.3, 0.4) is 0 Å². The number of halogens is 2. The van der Waals surface area contributed by atoms with Crippen LogP contribution in [0.5, 0.6) is 0 Å². The zero-order valence-electron chi connectivity index (χ0n) is 7.86. The van der Waals surface area contributed by atoms with Crippen LogP contribution in [0, 0.1) is 17.3 Å². The Bertz CT molecular complexity index is 224. The predicted molar refractivity (Wildman–Crippen MR) is 59.8 cm³/mol. The van der Waals surface area contributed by atoms with E-state index in [0.717, 1.165) is 31.1 Å². The van der Waals surface area contributed by atoms with E-state index in [0.29, 0.717) is 5.41 Å². The van der Waals surface area contributed by atoms with Crippen molar-refractivity contribution < 1.29 is 4.39 Å². The maximum atomic E-state index is 14.3. The molecular formula is C11H16FI. The molecule has 74 valence electrons. The van der Waals surface area contributed by atoms with Crippen LogP contribution in [-0.4, -0.2) is 10.1 Å². The molecule has 2 heteroatoms. The highest BCUT2D eigenvalue weighted by molar-refractivity contribution is 14.1. The van der Waals surface area contributed by atoms with Crippen molar-refractivity contribution in [3.63, 3.8) is 0 Å². The quantitative estimate of drug-likeness (QED) is 0.510. The standard InChI is InChI=1S/C11H16FI/c12-11-4-8-1-9(5-11)3-10(2-8,6-11)7-13/h8-9H,1-7H2/t8-,9+,10?,11?. The smallest absolute Gasteiger partial charge is 0.112 e. The van der Waals surface area contributed by atoms with Gasteiger partial charge in [-0.05, 0) is 55.8 Å². The van der Waals surface area contributed by atoms with E-state index in [4.69, 9.17) is 0 Å². The third-order valence-electron chi connectivity index (χ3n) is 4.39. The molecule has 4 bridgehead atoms. The fourth-order valence-electron chi connectivity index (χ4n) is 4.49. The van der Waals surface area contributed by atoms with Gasteiger partial charge in [0.2, 0.25) is 0 Å². The third-order valence-corrected chi connectivity index (χ3v) is 6.01. The summed E-state index contributed by atoms with van der Waals surface area (Å²) >= 11 is 2.47. The second-order valence-electron chi connectivity index (χ2n) is 5.75. The molecule has 4 rings (SSSR count). The number of rotatable bonds is 1. The highest BCUT2D eigenvalue weighted by Gasteiger charge is 2.57. The fraction of sp³-hybridized carbons (Fsp3) is 1.00. The summed E-state index contributed by atoms with van der Waals surface area (Å²) in [6, 6.07) is 0. The molecule has 0 N–H and O–H groups in total. The van der Waals surface area contributed by atoms with Gasteiger partial charge in [0.05, 0.1) is 0 Å². The topological polar surface area (TPSA) is 0 Å². The Hall–Kier alpha value is 0.660. The van der Waals surface area contributed by atoms with Crippen LogP contribution in [0.1, 0.15) is 38.5 Å². The summed E-state index contributed by atoms with van der Waals surface area (Å²) in [5.41, 5.74) is -0.325. The molecule has 0 aromatic heterocycles. The van der Waals surface area contributed by atoms with Gasteiger partial charge in [0.1, 0.15) is 5.67 Å². The summed E-state index contributed by atoms with van der Waals surface area (Å²) in [6.45, 7) is 0. The molecule has 4 atom stereocenters. The molecule has 13 heavy (non-hydrogen) atoms. The largest absolute Gasteiger partial charge is 0.244 e. The van der Waals surface area contributed by atoms with Crippen LogP contribution in [0.4, 0.5) is 4.39 Å². The first-order chi connectivity index (χ1) is 6.13. The molecule has 0 nitrogen and oxygen atoms in total. The molecule has 4 aliphatic carbocycles. The van der Waals surface area contributed by atoms with Gasteiger partial charge in [0.25, 0.3) is 0 Å². The van der Waals surface area contributed by atoms with E-state index >= 15 is 0 Å². The van der Waals surface area contributed by atoms with Gasteiger partial charge >= 0.3 is 0 Å². The molecule has 0 aliphatic heterocycles. The lowest BCUT2D eigenvalue weighted by atomic mass is 9.49. The first kappa shape index (κ1) is 8.93. The minimum atomic E-state index is -0.741.